The number of fused-ring (bicyclic) bond motifs is 1. The second-order valence-electron chi connectivity index (χ2n) is 24.2. The van der Waals surface area contributed by atoms with Gasteiger partial charge in [-0.15, -0.1) is 0 Å². The van der Waals surface area contributed by atoms with Crippen LogP contribution in [-0.4, -0.2) is 310 Å². The molecule has 0 saturated carbocycles. The van der Waals surface area contributed by atoms with E-state index in [1.165, 1.54) is 43.5 Å². The average Bonchev–Trinajstić information content (AvgIpc) is 1.39. The number of ether oxygens (including phenoxy) is 3. The van der Waals surface area contributed by atoms with Crippen molar-refractivity contribution in [3.05, 3.63) is 90.9 Å². The molecule has 1 saturated heterocycles. The van der Waals surface area contributed by atoms with Crippen LogP contribution in [-0.2, 0) is 84.0 Å². The number of aliphatic carboxylic acids is 5. The number of methoxy groups -OCH3 is 1. The summed E-state index contributed by atoms with van der Waals surface area (Å²) in [5, 5.41) is 63.3. The number of sulfonamides is 2. The van der Waals surface area contributed by atoms with Crippen LogP contribution in [0, 0.1) is 0 Å². The van der Waals surface area contributed by atoms with Gasteiger partial charge in [0.25, 0.3) is 5.91 Å². The van der Waals surface area contributed by atoms with Crippen LogP contribution in [0.15, 0.2) is 95.1 Å². The maximum atomic E-state index is 13.1. The Bertz CT molecular complexity index is 3980. The van der Waals surface area contributed by atoms with Crippen molar-refractivity contribution < 1.29 is 131 Å². The molecule has 0 bridgehead atoms. The number of aromatic amines is 1. The monoisotopic (exact) mass is 1610 g/mol. The van der Waals surface area contributed by atoms with Crippen LogP contribution in [0.3, 0.4) is 0 Å². The molecule has 1 aliphatic rings. The molecule has 36 nitrogen and oxygen atoms in total. The quantitative estimate of drug-likeness (QED) is 0.0149. The number of carbonyl (C=O) groups is 10. The standard InChI is InChI=1S/C33H38N8O8S2.C29H52N6O12.C4F6O2/c1-49-19-3-15-39-50(45,46)27-9-4-23(5-10-27)24-6-11-28(12-7-24)51(47,48)40-29(32(43)44)22-37-31(42)25-8-13-30-26(20-25)21-38-41(30)18-2-14-34-33-35-16-17-36-33;1-2-15-46-17-18-47-16-3-6-30-24(36)5-4-23(29(44)45)31-25(37)19-32-7-9-33(20-26(38)39)11-13-35(22-28(42)43)14-12-34(10-8-32)21-27(40)41;5-3(6,7)1(11)2(12)4(8,9)10/h4-13,16-17,20-21,29,39-40H,2-3,14-15,18-19,22H2,1H3,(H,37,42)(H,43,44)(H2,34,35,36);23H,2-22H2,1H3,(H,30,36)(H,31,37)(H,38,39)(H,40,41)(H,42,43)(H,44,45);/t29-;23-;/m00./s1. The van der Waals surface area contributed by atoms with Crippen LogP contribution >= 0.6 is 0 Å². The highest BCUT2D eigenvalue weighted by Gasteiger charge is 2.54. The molecule has 0 aliphatic carbocycles. The minimum Gasteiger partial charge on any atom is -0.480 e. The van der Waals surface area contributed by atoms with Crippen molar-refractivity contribution >= 4 is 96.0 Å². The Hall–Kier alpha value is -9.64. The van der Waals surface area contributed by atoms with E-state index in [0.717, 1.165) is 18.4 Å². The van der Waals surface area contributed by atoms with Gasteiger partial charge >= 0.3 is 53.8 Å². The lowest BCUT2D eigenvalue weighted by atomic mass is 10.1. The van der Waals surface area contributed by atoms with E-state index in [-0.39, 0.29) is 119 Å². The van der Waals surface area contributed by atoms with E-state index in [1.54, 1.807) is 68.5 Å². The molecule has 6 rings (SSSR count). The van der Waals surface area contributed by atoms with Gasteiger partial charge in [0.2, 0.25) is 31.9 Å². The largest absolute Gasteiger partial charge is 0.480 e. The number of ketones is 2. The fourth-order valence-corrected chi connectivity index (χ4v) is 12.3. The van der Waals surface area contributed by atoms with E-state index in [0.29, 0.717) is 88.0 Å². The number of aryl methyl sites for hydroxylation is 1. The fourth-order valence-electron chi connectivity index (χ4n) is 10.1. The highest BCUT2D eigenvalue weighted by atomic mass is 32.2. The number of imidazole rings is 1. The first-order valence-electron chi connectivity index (χ1n) is 34.1. The summed E-state index contributed by atoms with van der Waals surface area (Å²) in [5.41, 5.74) is 2.32. The number of H-pyrrole nitrogens is 1. The molecule has 5 aromatic rings. The molecule has 1 aliphatic heterocycles. The Morgan fingerprint density at radius 2 is 1.08 bits per heavy atom. The molecule has 2 aromatic heterocycles. The van der Waals surface area contributed by atoms with Crippen molar-refractivity contribution in [1.29, 1.82) is 0 Å². The van der Waals surface area contributed by atoms with Crippen LogP contribution < -0.4 is 30.7 Å². The number of rotatable bonds is 42. The number of Topliss-reactive ketones (excluding diaryl/α,β-unsaturated/α-hetero) is 2. The highest BCUT2D eigenvalue weighted by molar-refractivity contribution is 7.89. The van der Waals surface area contributed by atoms with Gasteiger partial charge in [0.1, 0.15) is 12.1 Å². The summed E-state index contributed by atoms with van der Waals surface area (Å²) in [5.74, 6) is -13.7. The normalized spacial score (nSPS) is 14.4. The number of carboxylic acid groups (broad SMARTS) is 5. The molecule has 2 atom stereocenters. The van der Waals surface area contributed by atoms with Crippen molar-refractivity contribution in [3.63, 3.8) is 0 Å². The van der Waals surface area contributed by atoms with Crippen molar-refractivity contribution in [1.82, 2.24) is 64.7 Å². The van der Waals surface area contributed by atoms with E-state index in [2.05, 4.69) is 45.8 Å². The summed E-state index contributed by atoms with van der Waals surface area (Å²) in [4.78, 5) is 129. The van der Waals surface area contributed by atoms with Crippen molar-refractivity contribution in [3.8, 4) is 11.1 Å². The first-order valence-corrected chi connectivity index (χ1v) is 37.0. The molecular formula is C66H90F6N14O22S2. The maximum absolute atomic E-state index is 13.1. The van der Waals surface area contributed by atoms with Crippen molar-refractivity contribution in [2.45, 2.75) is 86.2 Å². The first kappa shape index (κ1) is 92.7. The SMILES string of the molecule is CCCOCCOCCCNC(=O)CC[C@H](NC(=O)CN1CCN(CC(=O)O)CCN(CC(=O)O)CCN(CC(=O)O)CC1)C(=O)O.COCCCNS(=O)(=O)c1ccc(-c2ccc(S(=O)(=O)N[C@@H](CNC(=O)c3ccc4c(cnn4CCCNc4ncc[nH]4)c3)C(=O)O)cc2)cc1.O=C(C(=O)C(F)(F)F)C(F)(F)F. The third-order valence-electron chi connectivity index (χ3n) is 15.7. The number of halogens is 6. The second-order valence-corrected chi connectivity index (χ2v) is 27.7. The summed E-state index contributed by atoms with van der Waals surface area (Å²) in [6.07, 6.45) is -3.98. The van der Waals surface area contributed by atoms with Crippen LogP contribution in [0.1, 0.15) is 55.8 Å². The molecule has 12 N–H and O–H groups in total. The van der Waals surface area contributed by atoms with E-state index in [9.17, 15) is 117 Å². The molecule has 44 heteroatoms. The zero-order valence-electron chi connectivity index (χ0n) is 59.9. The second kappa shape index (κ2) is 46.8. The summed E-state index contributed by atoms with van der Waals surface area (Å²) in [7, 11) is -6.47. The van der Waals surface area contributed by atoms with Gasteiger partial charge in [0.05, 0.1) is 60.9 Å². The molecule has 0 spiro atoms. The summed E-state index contributed by atoms with van der Waals surface area (Å²) in [6, 6.07) is 13.7. The molecule has 3 aromatic carbocycles. The van der Waals surface area contributed by atoms with E-state index < -0.39 is 104 Å². The van der Waals surface area contributed by atoms with E-state index >= 15 is 0 Å². The van der Waals surface area contributed by atoms with Crippen LogP contribution in [0.4, 0.5) is 32.3 Å². The number of alkyl halides is 6. The van der Waals surface area contributed by atoms with Gasteiger partial charge in [-0.1, -0.05) is 31.2 Å². The first-order chi connectivity index (χ1) is 51.9. The lowest BCUT2D eigenvalue weighted by Gasteiger charge is -2.33. The van der Waals surface area contributed by atoms with Crippen molar-refractivity contribution in [2.75, 3.05) is 150 Å². The van der Waals surface area contributed by atoms with Gasteiger partial charge in [-0.2, -0.15) is 36.2 Å². The predicted molar refractivity (Wildman–Crippen MR) is 378 cm³/mol. The predicted octanol–water partition coefficient (Wildman–Crippen LogP) is 1.41. The fraction of sp³-hybridized carbons (Fsp3) is 0.515. The van der Waals surface area contributed by atoms with Gasteiger partial charge < -0.3 is 66.0 Å². The number of anilines is 1. The third kappa shape index (κ3) is 34.9. The van der Waals surface area contributed by atoms with Gasteiger partial charge in [0.15, 0.2) is 5.95 Å². The van der Waals surface area contributed by atoms with Gasteiger partial charge in [-0.25, -0.2) is 31.3 Å². The molecule has 0 unspecified atom stereocenters. The number of hydrogen-bond donors (Lipinski definition) is 12. The molecule has 610 valence electrons. The molecular weight excluding hydrogens is 1520 g/mol. The topological polar surface area (TPSA) is 499 Å². The Labute approximate surface area is 627 Å². The van der Waals surface area contributed by atoms with Crippen molar-refractivity contribution in [2.24, 2.45) is 0 Å². The van der Waals surface area contributed by atoms with Gasteiger partial charge in [0, 0.05) is 142 Å². The number of nitrogens with zero attached hydrogens (tertiary/aromatic N) is 7. The zero-order chi connectivity index (χ0) is 81.6. The van der Waals surface area contributed by atoms with Gasteiger partial charge in [-0.3, -0.25) is 67.4 Å². The Morgan fingerprint density at radius 3 is 1.55 bits per heavy atom. The van der Waals surface area contributed by atoms with E-state index in [4.69, 9.17) is 14.2 Å². The Balaban J connectivity index is 0.000000405. The lowest BCUT2D eigenvalue weighted by molar-refractivity contribution is -0.193. The van der Waals surface area contributed by atoms with Gasteiger partial charge in [-0.05, 0) is 85.7 Å². The molecule has 3 amide bonds. The number of carboxylic acids is 5. The maximum Gasteiger partial charge on any atom is 0.458 e. The number of hydrogen-bond acceptors (Lipinski definition) is 24. The van der Waals surface area contributed by atoms with Crippen LogP contribution in [0.2, 0.25) is 0 Å². The number of aromatic nitrogens is 4. The van der Waals surface area contributed by atoms with Crippen LogP contribution in [0.25, 0.3) is 22.0 Å². The van der Waals surface area contributed by atoms with Crippen LogP contribution in [0.5, 0.6) is 0 Å². The summed E-state index contributed by atoms with van der Waals surface area (Å²) in [6.45, 7) is 6.47. The Morgan fingerprint density at radius 1 is 0.582 bits per heavy atom. The smallest absolute Gasteiger partial charge is 0.458 e. The molecule has 3 heterocycles. The molecule has 1 fully saturated rings. The zero-order valence-corrected chi connectivity index (χ0v) is 61.6. The summed E-state index contributed by atoms with van der Waals surface area (Å²) < 4.78 is 140. The number of nitrogens with one attached hydrogen (secondary N) is 7. The minimum atomic E-state index is -5.77. The molecule has 110 heavy (non-hydrogen) atoms. The number of carbonyl (C=O) groups excluding carboxylic acids is 5. The average molecular weight is 1610 g/mol. The Kier molecular flexibility index (Phi) is 39.4. The third-order valence-corrected chi connectivity index (χ3v) is 18.6. The number of amides is 3. The number of benzene rings is 3. The highest BCUT2D eigenvalue weighted by Crippen LogP contribution is 2.26. The summed E-state index contributed by atoms with van der Waals surface area (Å²) >= 11 is 0. The minimum absolute atomic E-state index is 0.0807. The lowest BCUT2D eigenvalue weighted by Crippen LogP contribution is -2.51. The molecule has 0 radical (unpaired) electrons. The van der Waals surface area contributed by atoms with E-state index in [1.807, 2.05) is 11.6 Å².